The third-order valence-electron chi connectivity index (χ3n) is 11.9. The lowest BCUT2D eigenvalue weighted by Gasteiger charge is -2.53. The zero-order valence-electron chi connectivity index (χ0n) is 38.2. The van der Waals surface area contributed by atoms with Gasteiger partial charge in [-0.25, -0.2) is 14.4 Å². The molecule has 5 saturated heterocycles. The van der Waals surface area contributed by atoms with Crippen LogP contribution < -0.4 is 0 Å². The highest BCUT2D eigenvalue weighted by Gasteiger charge is 2.60. The van der Waals surface area contributed by atoms with E-state index in [1.54, 1.807) is 82.3 Å². The van der Waals surface area contributed by atoms with Gasteiger partial charge in [0.15, 0.2) is 48.8 Å². The number of fused-ring (bicyclic) bond motifs is 2. The van der Waals surface area contributed by atoms with Gasteiger partial charge in [-0.2, -0.15) is 0 Å². The maximum Gasteiger partial charge on any atom is 0.338 e. The molecule has 0 aromatic heterocycles. The molecule has 5 fully saturated rings. The van der Waals surface area contributed by atoms with Crippen molar-refractivity contribution < 1.29 is 95.7 Å². The van der Waals surface area contributed by atoms with Crippen LogP contribution in [-0.4, -0.2) is 165 Å². The Hall–Kier alpha value is -4.94. The van der Waals surface area contributed by atoms with Crippen molar-refractivity contribution >= 4 is 23.9 Å². The standard InChI is InChI=1S/C48H56O20/c1-25(49)59-40-39(64-43(54)28-20-14-9-15-21-28)34(63-42(53)27-18-12-8-13-19-27)29(22-56-41(52)26-16-10-7-11-17-26)62-46(40)66-38-33(51)45(61-31-24-58-48(4,5)68-36(31)38)65-37-32(50)44(55-6)60-30-23-57-47(2,3)67-35(30)37/h7-21,29-40,44-46,50-51H,22-24H2,1-6H3/t29-,30-,31-,32+,33+,34-,35-,36-,37-,38-,39+,40+,44+,45-,46-/m1/s1. The van der Waals surface area contributed by atoms with Gasteiger partial charge in [0, 0.05) is 14.0 Å². The van der Waals surface area contributed by atoms with Gasteiger partial charge in [0.2, 0.25) is 0 Å². The van der Waals surface area contributed by atoms with E-state index in [0.717, 1.165) is 6.92 Å². The largest absolute Gasteiger partial charge is 0.459 e. The minimum absolute atomic E-state index is 0.0570. The minimum atomic E-state index is -1.80. The average molecular weight is 953 g/mol. The Bertz CT molecular complexity index is 2190. The van der Waals surface area contributed by atoms with E-state index < -0.39 is 134 Å². The van der Waals surface area contributed by atoms with Crippen LogP contribution in [0.2, 0.25) is 0 Å². The molecule has 20 heteroatoms. The minimum Gasteiger partial charge on any atom is -0.459 e. The molecule has 0 amide bonds. The number of carbonyl (C=O) groups is 4. The molecule has 0 aliphatic carbocycles. The third-order valence-corrected chi connectivity index (χ3v) is 11.9. The number of benzene rings is 3. The van der Waals surface area contributed by atoms with Crippen molar-refractivity contribution in [2.75, 3.05) is 26.9 Å². The number of ether oxygens (including phenoxy) is 14. The molecule has 3 aromatic carbocycles. The molecule has 8 rings (SSSR count). The molecule has 0 spiro atoms. The highest BCUT2D eigenvalue weighted by Crippen LogP contribution is 2.41. The Balaban J connectivity index is 1.17. The third kappa shape index (κ3) is 11.2. The van der Waals surface area contributed by atoms with Crippen LogP contribution in [0.25, 0.3) is 0 Å². The lowest BCUT2D eigenvalue weighted by molar-refractivity contribution is -0.428. The first-order chi connectivity index (χ1) is 32.5. The maximum absolute atomic E-state index is 14.0. The van der Waals surface area contributed by atoms with E-state index in [1.807, 2.05) is 0 Å². The predicted octanol–water partition coefficient (Wildman–Crippen LogP) is 2.84. The smallest absolute Gasteiger partial charge is 0.338 e. The Kier molecular flexibility index (Phi) is 15.3. The van der Waals surface area contributed by atoms with E-state index >= 15 is 0 Å². The van der Waals surface area contributed by atoms with E-state index in [4.69, 9.17) is 66.3 Å². The molecule has 3 aromatic rings. The van der Waals surface area contributed by atoms with Gasteiger partial charge in [-0.15, -0.1) is 0 Å². The molecular weight excluding hydrogens is 897 g/mol. The molecule has 5 aliphatic heterocycles. The Morgan fingerprint density at radius 3 is 1.49 bits per heavy atom. The fraction of sp³-hybridized carbons (Fsp3) is 0.542. The molecule has 2 N–H and O–H groups in total. The summed E-state index contributed by atoms with van der Waals surface area (Å²) in [5.41, 5.74) is 0.383. The number of hydrogen-bond donors (Lipinski definition) is 2. The number of aliphatic hydroxyl groups is 2. The molecule has 68 heavy (non-hydrogen) atoms. The van der Waals surface area contributed by atoms with Gasteiger partial charge < -0.3 is 76.5 Å². The SMILES string of the molecule is CO[C@H]1O[C@@H]2COC(C)(C)O[C@H]2[C@H](O[C@H]2O[C@@H]3COC(C)(C)O[C@H]3[C@H](O[C@H]3O[C@H](COC(=O)c4ccccc4)[C@@H](OC(=O)c4ccccc4)[C@H](OC(=O)c4ccccc4)[C@@H]3OC(C)=O)[C@@H]2O)[C@@H]1O. The van der Waals surface area contributed by atoms with Crippen LogP contribution in [0.3, 0.4) is 0 Å². The van der Waals surface area contributed by atoms with Gasteiger partial charge in [-0.3, -0.25) is 4.79 Å². The molecule has 5 heterocycles. The average Bonchev–Trinajstić information content (AvgIpc) is 3.32. The number of aliphatic hydroxyl groups excluding tert-OH is 2. The summed E-state index contributed by atoms with van der Waals surface area (Å²) in [6.45, 7) is 7.09. The van der Waals surface area contributed by atoms with Gasteiger partial charge >= 0.3 is 23.9 Å². The van der Waals surface area contributed by atoms with Crippen LogP contribution in [0.15, 0.2) is 91.0 Å². The summed E-state index contributed by atoms with van der Waals surface area (Å²) in [5, 5.41) is 23.9. The molecule has 15 atom stereocenters. The number of rotatable bonds is 13. The fourth-order valence-electron chi connectivity index (χ4n) is 8.62. The molecule has 0 unspecified atom stereocenters. The van der Waals surface area contributed by atoms with Crippen molar-refractivity contribution in [2.45, 2.75) is 138 Å². The Labute approximate surface area is 391 Å². The Morgan fingerprint density at radius 1 is 0.559 bits per heavy atom. The van der Waals surface area contributed by atoms with Gasteiger partial charge in [0.1, 0.15) is 61.5 Å². The summed E-state index contributed by atoms with van der Waals surface area (Å²) < 4.78 is 85.5. The van der Waals surface area contributed by atoms with Crippen LogP contribution in [-0.2, 0) is 71.1 Å². The van der Waals surface area contributed by atoms with Crippen LogP contribution >= 0.6 is 0 Å². The van der Waals surface area contributed by atoms with Crippen molar-refractivity contribution in [2.24, 2.45) is 0 Å². The van der Waals surface area contributed by atoms with Crippen molar-refractivity contribution in [1.82, 2.24) is 0 Å². The van der Waals surface area contributed by atoms with Crippen molar-refractivity contribution in [3.63, 3.8) is 0 Å². The monoisotopic (exact) mass is 952 g/mol. The first-order valence-electron chi connectivity index (χ1n) is 22.2. The van der Waals surface area contributed by atoms with Crippen molar-refractivity contribution in [3.05, 3.63) is 108 Å². The van der Waals surface area contributed by atoms with Gasteiger partial charge in [0.25, 0.3) is 0 Å². The van der Waals surface area contributed by atoms with Crippen LogP contribution in [0, 0.1) is 0 Å². The van der Waals surface area contributed by atoms with Crippen LogP contribution in [0.4, 0.5) is 0 Å². The molecule has 368 valence electrons. The molecule has 0 radical (unpaired) electrons. The topological polar surface area (TPSA) is 238 Å². The fourth-order valence-corrected chi connectivity index (χ4v) is 8.62. The zero-order chi connectivity index (χ0) is 48.3. The quantitative estimate of drug-likeness (QED) is 0.185. The summed E-state index contributed by atoms with van der Waals surface area (Å²) >= 11 is 0. The molecule has 5 aliphatic rings. The van der Waals surface area contributed by atoms with Crippen molar-refractivity contribution in [3.8, 4) is 0 Å². The first-order valence-corrected chi connectivity index (χ1v) is 22.2. The summed E-state index contributed by atoms with van der Waals surface area (Å²) in [5.74, 6) is -5.83. The lowest BCUT2D eigenvalue weighted by atomic mass is 9.94. The molecule has 0 saturated carbocycles. The van der Waals surface area contributed by atoms with E-state index in [-0.39, 0.29) is 29.9 Å². The number of methoxy groups -OCH3 is 1. The second-order valence-electron chi connectivity index (χ2n) is 17.6. The normalized spacial score (nSPS) is 35.1. The summed E-state index contributed by atoms with van der Waals surface area (Å²) in [6, 6.07) is 23.9. The van der Waals surface area contributed by atoms with E-state index in [2.05, 4.69) is 0 Å². The van der Waals surface area contributed by atoms with E-state index in [1.165, 1.54) is 43.5 Å². The van der Waals surface area contributed by atoms with Crippen molar-refractivity contribution in [1.29, 1.82) is 0 Å². The second kappa shape index (κ2) is 21.0. The number of esters is 4. The molecular formula is C48H56O20. The van der Waals surface area contributed by atoms with Gasteiger partial charge in [-0.1, -0.05) is 54.6 Å². The predicted molar refractivity (Wildman–Crippen MR) is 228 cm³/mol. The number of carbonyl (C=O) groups excluding carboxylic acids is 4. The van der Waals surface area contributed by atoms with Gasteiger partial charge in [0.05, 0.1) is 29.9 Å². The molecule has 20 nitrogen and oxygen atoms in total. The highest BCUT2D eigenvalue weighted by atomic mass is 16.8. The maximum atomic E-state index is 14.0. The highest BCUT2D eigenvalue weighted by molar-refractivity contribution is 5.91. The number of hydrogen-bond acceptors (Lipinski definition) is 20. The van der Waals surface area contributed by atoms with E-state index in [0.29, 0.717) is 0 Å². The lowest BCUT2D eigenvalue weighted by Crippen LogP contribution is -2.70. The zero-order valence-corrected chi connectivity index (χ0v) is 38.2. The first kappa shape index (κ1) is 49.5. The Morgan fingerprint density at radius 2 is 1.00 bits per heavy atom. The second-order valence-corrected chi connectivity index (χ2v) is 17.6. The van der Waals surface area contributed by atoms with Crippen LogP contribution in [0.1, 0.15) is 65.7 Å². The summed E-state index contributed by atoms with van der Waals surface area (Å²) in [6.07, 6.45) is -21.1. The molecule has 0 bridgehead atoms. The van der Waals surface area contributed by atoms with Gasteiger partial charge in [-0.05, 0) is 64.1 Å². The summed E-state index contributed by atoms with van der Waals surface area (Å²) in [4.78, 5) is 54.4. The van der Waals surface area contributed by atoms with E-state index in [9.17, 15) is 29.4 Å². The summed E-state index contributed by atoms with van der Waals surface area (Å²) in [7, 11) is 1.34. The van der Waals surface area contributed by atoms with Crippen LogP contribution in [0.5, 0.6) is 0 Å².